The molecule has 0 aliphatic carbocycles. The van der Waals surface area contributed by atoms with Crippen molar-refractivity contribution in [2.24, 2.45) is 0 Å². The van der Waals surface area contributed by atoms with Crippen LogP contribution in [-0.4, -0.2) is 44.2 Å². The van der Waals surface area contributed by atoms with Crippen LogP contribution in [0.25, 0.3) is 0 Å². The van der Waals surface area contributed by atoms with Crippen LogP contribution in [0.2, 0.25) is 0 Å². The Kier molecular flexibility index (Phi) is 6.04. The van der Waals surface area contributed by atoms with E-state index in [1.54, 1.807) is 17.0 Å². The minimum absolute atomic E-state index is 0.0121. The number of nitrogens with one attached hydrogen (secondary N) is 1. The minimum Gasteiger partial charge on any atom is -0.351 e. The van der Waals surface area contributed by atoms with Gasteiger partial charge >= 0.3 is 0 Å². The van der Waals surface area contributed by atoms with Crippen molar-refractivity contribution in [1.29, 1.82) is 0 Å². The van der Waals surface area contributed by atoms with Crippen LogP contribution in [0.1, 0.15) is 25.0 Å². The van der Waals surface area contributed by atoms with Gasteiger partial charge in [0.15, 0.2) is 0 Å². The monoisotopic (exact) mass is 415 g/mol. The first-order valence-electron chi connectivity index (χ1n) is 9.40. The van der Waals surface area contributed by atoms with E-state index in [0.29, 0.717) is 13.0 Å². The Bertz CT molecular complexity index is 1020. The maximum absolute atomic E-state index is 12.9. The largest absolute Gasteiger partial charge is 0.351 e. The molecule has 0 radical (unpaired) electrons. The SMILES string of the molecule is CC(=O)N1c2ccc(S(=O)(=O)N(C)CC(=O)NCc3ccccc3)cc2C[C@H]1C. The van der Waals surface area contributed by atoms with Gasteiger partial charge in [0.25, 0.3) is 0 Å². The molecule has 8 heteroatoms. The average Bonchev–Trinajstić information content (AvgIpc) is 3.02. The second-order valence-corrected chi connectivity index (χ2v) is 9.30. The second-order valence-electron chi connectivity index (χ2n) is 7.26. The van der Waals surface area contributed by atoms with Crippen molar-refractivity contribution < 1.29 is 18.0 Å². The van der Waals surface area contributed by atoms with Gasteiger partial charge in [-0.2, -0.15) is 4.31 Å². The van der Waals surface area contributed by atoms with Gasteiger partial charge in [-0.15, -0.1) is 0 Å². The van der Waals surface area contributed by atoms with Crippen LogP contribution in [0.5, 0.6) is 0 Å². The van der Waals surface area contributed by atoms with Gasteiger partial charge in [-0.3, -0.25) is 9.59 Å². The van der Waals surface area contributed by atoms with Crippen molar-refractivity contribution in [3.05, 3.63) is 59.7 Å². The van der Waals surface area contributed by atoms with Crippen LogP contribution in [0, 0.1) is 0 Å². The van der Waals surface area contributed by atoms with Crippen LogP contribution in [0.4, 0.5) is 5.69 Å². The summed E-state index contributed by atoms with van der Waals surface area (Å²) >= 11 is 0. The topological polar surface area (TPSA) is 86.8 Å². The molecule has 0 saturated carbocycles. The maximum atomic E-state index is 12.9. The highest BCUT2D eigenvalue weighted by Crippen LogP contribution is 2.34. The smallest absolute Gasteiger partial charge is 0.243 e. The van der Waals surface area contributed by atoms with Gasteiger partial charge in [-0.05, 0) is 42.7 Å². The lowest BCUT2D eigenvalue weighted by atomic mass is 10.1. The third kappa shape index (κ3) is 4.49. The maximum Gasteiger partial charge on any atom is 0.243 e. The molecule has 154 valence electrons. The molecule has 1 aliphatic rings. The standard InChI is InChI=1S/C21H25N3O4S/c1-15-11-18-12-19(9-10-20(18)24(15)16(2)25)29(27,28)23(3)14-21(26)22-13-17-7-5-4-6-8-17/h4-10,12,15H,11,13-14H2,1-3H3,(H,22,26)/t15-/m1/s1. The number of amides is 2. The number of anilines is 1. The molecule has 0 spiro atoms. The van der Waals surface area contributed by atoms with Crippen LogP contribution in [0.3, 0.4) is 0 Å². The summed E-state index contributed by atoms with van der Waals surface area (Å²) in [5.74, 6) is -0.448. The molecule has 1 aliphatic heterocycles. The van der Waals surface area contributed by atoms with Gasteiger partial charge < -0.3 is 10.2 Å². The Labute approximate surface area is 171 Å². The van der Waals surface area contributed by atoms with Crippen LogP contribution >= 0.6 is 0 Å². The molecular weight excluding hydrogens is 390 g/mol. The van der Waals surface area contributed by atoms with Crippen molar-refractivity contribution in [2.75, 3.05) is 18.5 Å². The third-order valence-electron chi connectivity index (χ3n) is 5.01. The number of carbonyl (C=O) groups excluding carboxylic acids is 2. The van der Waals surface area contributed by atoms with E-state index in [-0.39, 0.29) is 29.3 Å². The molecule has 7 nitrogen and oxygen atoms in total. The quantitative estimate of drug-likeness (QED) is 0.781. The summed E-state index contributed by atoms with van der Waals surface area (Å²) in [6.45, 7) is 3.49. The van der Waals surface area contributed by atoms with Crippen LogP contribution in [-0.2, 0) is 32.6 Å². The fourth-order valence-electron chi connectivity index (χ4n) is 3.57. The number of benzene rings is 2. The molecule has 29 heavy (non-hydrogen) atoms. The first-order valence-corrected chi connectivity index (χ1v) is 10.8. The van der Waals surface area contributed by atoms with E-state index in [1.807, 2.05) is 37.3 Å². The summed E-state index contributed by atoms with van der Waals surface area (Å²) in [4.78, 5) is 25.8. The van der Waals surface area contributed by atoms with Crippen molar-refractivity contribution >= 4 is 27.5 Å². The number of rotatable bonds is 6. The average molecular weight is 416 g/mol. The van der Waals surface area contributed by atoms with Crippen molar-refractivity contribution in [3.63, 3.8) is 0 Å². The zero-order chi connectivity index (χ0) is 21.2. The lowest BCUT2D eigenvalue weighted by Crippen LogP contribution is -2.38. The first-order chi connectivity index (χ1) is 13.7. The summed E-state index contributed by atoms with van der Waals surface area (Å²) in [5, 5.41) is 2.73. The molecule has 0 unspecified atom stereocenters. The predicted molar refractivity (Wildman–Crippen MR) is 111 cm³/mol. The fraction of sp³-hybridized carbons (Fsp3) is 0.333. The summed E-state index contributed by atoms with van der Waals surface area (Å²) in [5.41, 5.74) is 2.50. The second kappa shape index (κ2) is 8.34. The van der Waals surface area contributed by atoms with Gasteiger partial charge in [0.1, 0.15) is 0 Å². The zero-order valence-electron chi connectivity index (χ0n) is 16.8. The summed E-state index contributed by atoms with van der Waals surface area (Å²) < 4.78 is 26.8. The number of carbonyl (C=O) groups is 2. The number of nitrogens with zero attached hydrogens (tertiary/aromatic N) is 2. The molecular formula is C21H25N3O4S. The zero-order valence-corrected chi connectivity index (χ0v) is 17.6. The van der Waals surface area contributed by atoms with E-state index in [0.717, 1.165) is 21.1 Å². The lowest BCUT2D eigenvalue weighted by Gasteiger charge is -2.21. The molecule has 0 aromatic heterocycles. The molecule has 3 rings (SSSR count). The van der Waals surface area contributed by atoms with Gasteiger partial charge in [-0.25, -0.2) is 8.42 Å². The number of sulfonamides is 1. The molecule has 0 saturated heterocycles. The highest BCUT2D eigenvalue weighted by Gasteiger charge is 2.31. The Balaban J connectivity index is 1.69. The molecule has 0 fully saturated rings. The summed E-state index contributed by atoms with van der Waals surface area (Å²) in [6.07, 6.45) is 0.597. The first kappa shape index (κ1) is 21.0. The van der Waals surface area contributed by atoms with E-state index in [1.165, 1.54) is 20.0 Å². The van der Waals surface area contributed by atoms with Crippen LogP contribution < -0.4 is 10.2 Å². The Morgan fingerprint density at radius 2 is 1.86 bits per heavy atom. The Morgan fingerprint density at radius 1 is 1.17 bits per heavy atom. The molecule has 2 aromatic rings. The van der Waals surface area contributed by atoms with E-state index < -0.39 is 10.0 Å². The molecule has 1 heterocycles. The number of hydrogen-bond donors (Lipinski definition) is 1. The Morgan fingerprint density at radius 3 is 2.52 bits per heavy atom. The van der Waals surface area contributed by atoms with Gasteiger partial charge in [0.2, 0.25) is 21.8 Å². The number of likely N-dealkylation sites (N-methyl/N-ethyl adjacent to an activating group) is 1. The number of hydrogen-bond acceptors (Lipinski definition) is 4. The van der Waals surface area contributed by atoms with Gasteiger partial charge in [0.05, 0.1) is 11.4 Å². The van der Waals surface area contributed by atoms with E-state index in [4.69, 9.17) is 0 Å². The van der Waals surface area contributed by atoms with Gasteiger partial charge in [-0.1, -0.05) is 30.3 Å². The van der Waals surface area contributed by atoms with E-state index >= 15 is 0 Å². The molecule has 2 aromatic carbocycles. The minimum atomic E-state index is -3.82. The van der Waals surface area contributed by atoms with Crippen molar-refractivity contribution in [3.8, 4) is 0 Å². The summed E-state index contributed by atoms with van der Waals surface area (Å²) in [6, 6.07) is 14.1. The highest BCUT2D eigenvalue weighted by atomic mass is 32.2. The fourth-order valence-corrected chi connectivity index (χ4v) is 4.75. The van der Waals surface area contributed by atoms with E-state index in [9.17, 15) is 18.0 Å². The third-order valence-corrected chi connectivity index (χ3v) is 6.81. The lowest BCUT2D eigenvalue weighted by molar-refractivity contribution is -0.121. The normalized spacial score (nSPS) is 16.0. The summed E-state index contributed by atoms with van der Waals surface area (Å²) in [7, 11) is -2.44. The van der Waals surface area contributed by atoms with Crippen LogP contribution in [0.15, 0.2) is 53.4 Å². The number of fused-ring (bicyclic) bond motifs is 1. The predicted octanol–water partition coefficient (Wildman–Crippen LogP) is 1.92. The van der Waals surface area contributed by atoms with Crippen molar-refractivity contribution in [1.82, 2.24) is 9.62 Å². The van der Waals surface area contributed by atoms with Crippen molar-refractivity contribution in [2.45, 2.75) is 37.8 Å². The Hall–Kier alpha value is -2.71. The van der Waals surface area contributed by atoms with E-state index in [2.05, 4.69) is 5.32 Å². The highest BCUT2D eigenvalue weighted by molar-refractivity contribution is 7.89. The van der Waals surface area contributed by atoms with Gasteiger partial charge in [0, 0.05) is 32.2 Å². The molecule has 2 amide bonds. The molecule has 1 atom stereocenters. The molecule has 0 bridgehead atoms. The molecule has 1 N–H and O–H groups in total.